The van der Waals surface area contributed by atoms with Crippen molar-refractivity contribution in [2.45, 2.75) is 6.92 Å². The maximum atomic E-state index is 3.83. The second-order valence-electron chi connectivity index (χ2n) is 5.55. The standard InChI is InChI=1S/C22H21N/c1-4-10-17(11-5-2)16-20-18-12-6-8-14-21(18)23(3)22-15-9-7-13-19(20)22/h4-16H,1H2,2-3H3/b11-5-,17-10+. The van der Waals surface area contributed by atoms with Gasteiger partial charge in [0, 0.05) is 29.5 Å². The lowest BCUT2D eigenvalue weighted by atomic mass is 9.89. The highest BCUT2D eigenvalue weighted by Gasteiger charge is 2.23. The van der Waals surface area contributed by atoms with Crippen LogP contribution in [0.4, 0.5) is 11.4 Å². The molecule has 0 atom stereocenters. The van der Waals surface area contributed by atoms with Crippen LogP contribution in [0.3, 0.4) is 0 Å². The van der Waals surface area contributed by atoms with E-state index < -0.39 is 0 Å². The quantitative estimate of drug-likeness (QED) is 0.639. The minimum Gasteiger partial charge on any atom is -0.344 e. The molecule has 0 fully saturated rings. The largest absolute Gasteiger partial charge is 0.344 e. The van der Waals surface area contributed by atoms with E-state index in [9.17, 15) is 0 Å². The van der Waals surface area contributed by atoms with E-state index in [0.29, 0.717) is 0 Å². The van der Waals surface area contributed by atoms with E-state index in [-0.39, 0.29) is 0 Å². The number of para-hydroxylation sites is 2. The Morgan fingerprint density at radius 1 is 0.957 bits per heavy atom. The number of allylic oxidation sites excluding steroid dienone is 6. The van der Waals surface area contributed by atoms with Gasteiger partial charge in [-0.15, -0.1) is 0 Å². The van der Waals surface area contributed by atoms with Crippen molar-refractivity contribution in [2.75, 3.05) is 11.9 Å². The van der Waals surface area contributed by atoms with Gasteiger partial charge in [-0.2, -0.15) is 0 Å². The maximum absolute atomic E-state index is 3.83. The number of nitrogens with zero attached hydrogens (tertiary/aromatic N) is 1. The Morgan fingerprint density at radius 3 is 2.04 bits per heavy atom. The molecule has 2 aromatic carbocycles. The molecular weight excluding hydrogens is 278 g/mol. The number of rotatable bonds is 3. The Labute approximate surface area is 138 Å². The molecule has 1 heterocycles. The van der Waals surface area contributed by atoms with Crippen LogP contribution in [0.5, 0.6) is 0 Å². The molecule has 1 heteroatoms. The van der Waals surface area contributed by atoms with Crippen molar-refractivity contribution in [3.8, 4) is 0 Å². The van der Waals surface area contributed by atoms with Crippen molar-refractivity contribution >= 4 is 16.9 Å². The van der Waals surface area contributed by atoms with E-state index in [1.54, 1.807) is 0 Å². The Kier molecular flexibility index (Phi) is 4.29. The number of hydrogen-bond acceptors (Lipinski definition) is 1. The zero-order valence-electron chi connectivity index (χ0n) is 13.7. The first-order valence-electron chi connectivity index (χ1n) is 7.86. The molecule has 1 aliphatic heterocycles. The van der Waals surface area contributed by atoms with Crippen molar-refractivity contribution in [1.82, 2.24) is 0 Å². The van der Waals surface area contributed by atoms with Gasteiger partial charge in [-0.1, -0.05) is 67.3 Å². The summed E-state index contributed by atoms with van der Waals surface area (Å²) in [5.74, 6) is 0. The lowest BCUT2D eigenvalue weighted by molar-refractivity contribution is 1.17. The van der Waals surface area contributed by atoms with E-state index >= 15 is 0 Å². The highest BCUT2D eigenvalue weighted by Crippen LogP contribution is 2.44. The van der Waals surface area contributed by atoms with Crippen LogP contribution in [0, 0.1) is 0 Å². The summed E-state index contributed by atoms with van der Waals surface area (Å²) >= 11 is 0. The summed E-state index contributed by atoms with van der Waals surface area (Å²) in [6.45, 7) is 5.86. The van der Waals surface area contributed by atoms with Gasteiger partial charge in [0.1, 0.15) is 0 Å². The molecule has 2 aromatic rings. The van der Waals surface area contributed by atoms with Gasteiger partial charge >= 0.3 is 0 Å². The van der Waals surface area contributed by atoms with Crippen molar-refractivity contribution in [3.63, 3.8) is 0 Å². The normalized spacial score (nSPS) is 13.7. The van der Waals surface area contributed by atoms with Gasteiger partial charge in [0.05, 0.1) is 0 Å². The molecule has 0 saturated carbocycles. The molecule has 0 bridgehead atoms. The van der Waals surface area contributed by atoms with Gasteiger partial charge in [-0.3, -0.25) is 0 Å². The van der Waals surface area contributed by atoms with E-state index in [4.69, 9.17) is 0 Å². The summed E-state index contributed by atoms with van der Waals surface area (Å²) in [4.78, 5) is 2.26. The van der Waals surface area contributed by atoms with Gasteiger partial charge in [0.2, 0.25) is 0 Å². The molecular formula is C22H21N. The van der Waals surface area contributed by atoms with Crippen molar-refractivity contribution in [3.05, 3.63) is 102 Å². The zero-order chi connectivity index (χ0) is 16.2. The highest BCUT2D eigenvalue weighted by molar-refractivity contribution is 5.98. The summed E-state index contributed by atoms with van der Waals surface area (Å²) in [5.41, 5.74) is 7.38. The third-order valence-corrected chi connectivity index (χ3v) is 4.09. The summed E-state index contributed by atoms with van der Waals surface area (Å²) in [5, 5.41) is 0. The summed E-state index contributed by atoms with van der Waals surface area (Å²) in [6.07, 6.45) is 10.3. The van der Waals surface area contributed by atoms with Crippen molar-refractivity contribution < 1.29 is 0 Å². The fourth-order valence-electron chi connectivity index (χ4n) is 3.07. The molecule has 23 heavy (non-hydrogen) atoms. The number of fused-ring (bicyclic) bond motifs is 2. The monoisotopic (exact) mass is 299 g/mol. The maximum Gasteiger partial charge on any atom is 0.0488 e. The van der Waals surface area contributed by atoms with Crippen LogP contribution in [-0.4, -0.2) is 7.05 Å². The molecule has 3 rings (SSSR count). The van der Waals surface area contributed by atoms with Gasteiger partial charge in [-0.25, -0.2) is 0 Å². The van der Waals surface area contributed by atoms with Crippen LogP contribution >= 0.6 is 0 Å². The lowest BCUT2D eigenvalue weighted by Crippen LogP contribution is -2.17. The minimum atomic E-state index is 1.15. The number of anilines is 2. The zero-order valence-corrected chi connectivity index (χ0v) is 13.7. The average Bonchev–Trinajstić information content (AvgIpc) is 2.59. The molecule has 0 unspecified atom stereocenters. The molecule has 1 aliphatic rings. The number of hydrogen-bond donors (Lipinski definition) is 0. The molecule has 0 spiro atoms. The molecule has 0 amide bonds. The summed E-state index contributed by atoms with van der Waals surface area (Å²) < 4.78 is 0. The SMILES string of the molecule is C=C/C=C(C=C1c2ccccc2N(C)c2ccccc21)\C=C/C. The Bertz CT molecular complexity index is 772. The lowest BCUT2D eigenvalue weighted by Gasteiger charge is -2.31. The van der Waals surface area contributed by atoms with Crippen LogP contribution in [0.15, 0.2) is 91.1 Å². The van der Waals surface area contributed by atoms with Gasteiger partial charge < -0.3 is 4.90 Å². The third-order valence-electron chi connectivity index (χ3n) is 4.09. The Morgan fingerprint density at radius 2 is 1.52 bits per heavy atom. The van der Waals surface area contributed by atoms with E-state index in [0.717, 1.165) is 5.57 Å². The van der Waals surface area contributed by atoms with Crippen LogP contribution in [0.25, 0.3) is 5.57 Å². The molecule has 0 radical (unpaired) electrons. The molecule has 0 N–H and O–H groups in total. The van der Waals surface area contributed by atoms with E-state index in [2.05, 4.69) is 85.3 Å². The second kappa shape index (κ2) is 6.53. The second-order valence-corrected chi connectivity index (χ2v) is 5.55. The van der Waals surface area contributed by atoms with Crippen LogP contribution in [0.2, 0.25) is 0 Å². The first kappa shape index (κ1) is 15.1. The van der Waals surface area contributed by atoms with Crippen LogP contribution in [-0.2, 0) is 0 Å². The highest BCUT2D eigenvalue weighted by atomic mass is 15.1. The molecule has 0 saturated heterocycles. The van der Waals surface area contributed by atoms with Gasteiger partial charge in [0.15, 0.2) is 0 Å². The van der Waals surface area contributed by atoms with Crippen LogP contribution in [0.1, 0.15) is 18.1 Å². The first-order valence-corrected chi connectivity index (χ1v) is 7.86. The average molecular weight is 299 g/mol. The van der Waals surface area contributed by atoms with Crippen molar-refractivity contribution in [2.24, 2.45) is 0 Å². The number of benzene rings is 2. The predicted molar refractivity (Wildman–Crippen MR) is 101 cm³/mol. The smallest absolute Gasteiger partial charge is 0.0488 e. The molecule has 114 valence electrons. The van der Waals surface area contributed by atoms with Gasteiger partial charge in [-0.05, 0) is 36.3 Å². The van der Waals surface area contributed by atoms with Crippen LogP contribution < -0.4 is 4.90 Å². The fourth-order valence-corrected chi connectivity index (χ4v) is 3.07. The summed E-state index contributed by atoms with van der Waals surface area (Å²) in [6, 6.07) is 17.1. The minimum absolute atomic E-state index is 1.15. The predicted octanol–water partition coefficient (Wildman–Crippen LogP) is 5.89. The van der Waals surface area contributed by atoms with E-state index in [1.807, 2.05) is 19.1 Å². The molecule has 1 nitrogen and oxygen atoms in total. The first-order chi connectivity index (χ1) is 11.3. The van der Waals surface area contributed by atoms with E-state index in [1.165, 1.54) is 28.1 Å². The fraction of sp³-hybridized carbons (Fsp3) is 0.0909. The molecule has 0 aliphatic carbocycles. The van der Waals surface area contributed by atoms with Gasteiger partial charge in [0.25, 0.3) is 0 Å². The topological polar surface area (TPSA) is 3.24 Å². The Balaban J connectivity index is 2.27. The summed E-state index contributed by atoms with van der Waals surface area (Å²) in [7, 11) is 2.13. The molecule has 0 aromatic heterocycles. The van der Waals surface area contributed by atoms with Crippen molar-refractivity contribution in [1.29, 1.82) is 0 Å². The third kappa shape index (κ3) is 2.78. The Hall–Kier alpha value is -2.80.